The Labute approximate surface area is 923 Å². The Hall–Kier alpha value is -11.3. The highest BCUT2D eigenvalue weighted by Crippen LogP contribution is 2.47. The van der Waals surface area contributed by atoms with Gasteiger partial charge < -0.3 is 42.8 Å². The molecule has 0 bridgehead atoms. The van der Waals surface area contributed by atoms with Crippen molar-refractivity contribution in [1.29, 1.82) is 0 Å². The van der Waals surface area contributed by atoms with E-state index in [0.717, 1.165) is 98.4 Å². The van der Waals surface area contributed by atoms with Crippen LogP contribution >= 0.6 is 133 Å². The number of aryl methyl sites for hydroxylation is 2. The molecule has 0 atom stereocenters. The van der Waals surface area contributed by atoms with Crippen LogP contribution in [0.3, 0.4) is 0 Å². The number of rotatable bonds is 11. The van der Waals surface area contributed by atoms with Gasteiger partial charge in [0, 0.05) is 89.2 Å². The zero-order valence-corrected chi connectivity index (χ0v) is 95.2. The fourth-order valence-corrected chi connectivity index (χ4v) is 22.7. The van der Waals surface area contributed by atoms with Crippen LogP contribution in [-0.4, -0.2) is 89.1 Å². The molecular weight excluding hydrogens is 2210 g/mol. The first kappa shape index (κ1) is 105. The fourth-order valence-electron chi connectivity index (χ4n) is 17.3. The second-order valence-electron chi connectivity index (χ2n) is 39.5. The number of nitrogen functional groups attached to an aromatic ring is 1. The number of carbonyl (C=O) groups excluding carboxylic acids is 1. The number of benzene rings is 16. The summed E-state index contributed by atoms with van der Waals surface area (Å²) in [7, 11) is -1.27. The zero-order chi connectivity index (χ0) is 104. The molecule has 14 nitrogen and oxygen atoms in total. The Balaban J connectivity index is 0.000000119. The number of hydrogen-bond donors (Lipinski definition) is 2. The van der Waals surface area contributed by atoms with Crippen LogP contribution in [0.25, 0.3) is 160 Å². The Morgan fingerprint density at radius 3 is 0.885 bits per heavy atom. The number of thiol groups is 1. The van der Waals surface area contributed by atoms with Crippen LogP contribution in [0, 0.1) is 13.8 Å². The summed E-state index contributed by atoms with van der Waals surface area (Å²) in [5.41, 5.74) is 29.0. The van der Waals surface area contributed by atoms with Gasteiger partial charge in [-0.3, -0.25) is 4.79 Å². The van der Waals surface area contributed by atoms with Crippen LogP contribution < -0.4 is 11.2 Å². The topological polar surface area (TPSA) is 160 Å². The summed E-state index contributed by atoms with van der Waals surface area (Å²) in [6, 6.07) is 126. The summed E-state index contributed by atoms with van der Waals surface area (Å²) in [5, 5.41) is 8.78. The lowest BCUT2D eigenvalue weighted by Gasteiger charge is -2.32. The molecule has 148 heavy (non-hydrogen) atoms. The van der Waals surface area contributed by atoms with Gasteiger partial charge in [-0.25, -0.2) is 19.9 Å². The van der Waals surface area contributed by atoms with Gasteiger partial charge in [-0.15, -0.1) is 58.0 Å². The van der Waals surface area contributed by atoms with Crippen molar-refractivity contribution >= 4 is 255 Å². The van der Waals surface area contributed by atoms with Crippen molar-refractivity contribution in [3.05, 3.63) is 399 Å². The van der Waals surface area contributed by atoms with Crippen molar-refractivity contribution in [1.82, 2.24) is 29.1 Å². The number of nitrogens with zero attached hydrogens (tertiary/aromatic N) is 6. The minimum atomic E-state index is -0.476. The predicted octanol–water partition coefficient (Wildman–Crippen LogP) is 35.2. The molecule has 22 aromatic rings. The van der Waals surface area contributed by atoms with Gasteiger partial charge in [0.05, 0.1) is 96.5 Å². The number of para-hydroxylation sites is 5. The molecule has 3 fully saturated rings. The van der Waals surface area contributed by atoms with Gasteiger partial charge in [0.2, 0.25) is 0 Å². The molecule has 16 aromatic carbocycles. The molecule has 0 unspecified atom stereocenters. The summed E-state index contributed by atoms with van der Waals surface area (Å²) < 4.78 is 49.9. The smallest absolute Gasteiger partial charge is 0.405 e. The number of halogens is 5. The predicted molar refractivity (Wildman–Crippen MR) is 643 cm³/mol. The molecule has 0 spiro atoms. The van der Waals surface area contributed by atoms with Crippen LogP contribution in [0.5, 0.6) is 0 Å². The van der Waals surface area contributed by atoms with Gasteiger partial charge in [0.15, 0.2) is 0 Å². The molecule has 3 aliphatic heterocycles. The largest absolute Gasteiger partial charge is 0.494 e. The van der Waals surface area contributed by atoms with Crippen molar-refractivity contribution in [2.24, 2.45) is 0 Å². The van der Waals surface area contributed by atoms with E-state index in [0.29, 0.717) is 5.56 Å². The van der Waals surface area contributed by atoms with Crippen molar-refractivity contribution in [2.75, 3.05) is 5.73 Å². The molecule has 2 N–H and O–H groups in total. The molecule has 25 rings (SSSR count). The van der Waals surface area contributed by atoms with E-state index in [9.17, 15) is 4.79 Å². The Bertz CT molecular complexity index is 8130. The Morgan fingerprint density at radius 1 is 0.311 bits per heavy atom. The number of aromatic nitrogens is 6. The van der Waals surface area contributed by atoms with Gasteiger partial charge in [0.1, 0.15) is 20.0 Å². The normalized spacial score (nSPS) is 14.9. The lowest BCUT2D eigenvalue weighted by atomic mass is 9.49. The number of carbonyl (C=O) groups is 1. The maximum Gasteiger partial charge on any atom is 0.494 e. The van der Waals surface area contributed by atoms with E-state index in [2.05, 4.69) is 387 Å². The summed E-state index contributed by atoms with van der Waals surface area (Å²) >= 11 is 30.1. The molecule has 0 saturated carbocycles. The molecule has 3 aliphatic rings. The average Bonchev–Trinajstić information content (AvgIpc) is 1.59. The summed E-state index contributed by atoms with van der Waals surface area (Å²) in [6.07, 6.45) is 0. The van der Waals surface area contributed by atoms with Crippen LogP contribution in [0.15, 0.2) is 387 Å². The van der Waals surface area contributed by atoms with E-state index >= 15 is 0 Å². The van der Waals surface area contributed by atoms with E-state index in [1.165, 1.54) is 107 Å². The average molecular weight is 2320 g/mol. The highest BCUT2D eigenvalue weighted by molar-refractivity contribution is 9.11. The minimum absolute atomic E-state index is 0.316. The van der Waals surface area contributed by atoms with Crippen molar-refractivity contribution in [2.45, 2.75) is 135 Å². The first-order chi connectivity index (χ1) is 70.8. The number of fused-ring (bicyclic) bond motifs is 10. The molecular formula is C121H105B3Br4ClN7O7S5. The number of anilines is 1. The monoisotopic (exact) mass is 2310 g/mol. The van der Waals surface area contributed by atoms with Crippen LogP contribution in [0.4, 0.5) is 5.69 Å². The quantitative estimate of drug-likeness (QED) is 0.0547. The standard InChI is InChI=1S/C45H29N3S2.C19H20BNO2S.C19H13Br2N.C13H8BrNS.C12H24B2O4.C7H4BrClO.C6H7NS/c1-28-10-22-35(23-11-28)48-40-24-20-33(29-12-16-31(17-13-29)44-46-38-6-2-4-8-42(38)49-44)26-36(40)37-27-34(21-25-41(37)48)30-14-18-32(19-15-30)45-47-39-7-3-5-9-43(39)50-45;1-18(2)19(3,4)23-20(22-18)14-11-9-13(10-12-14)17-21-15-7-5-6-8-16(15)24-17;1-12-2-6-15(7-3-12)22-18-8-4-13(20)10-16(18)17-11-14(21)5-9-19(17)22;14-10-7-5-9(6-8-10)13-15-11-3-1-2-4-12(11)16-13;1-9(2)10(3,4)16-13(15-9)14-17-11(5,6)12(7,8)18-14;8-6-3-1-5(2-4-6)7(9)10;7-5-3-1-2-4-6(5)8/h2-27H,1H3;5-12H,1-4H3;2-11H,1H3;1-8H;1-8H3;1-4H;1-4,8H,7H2. The summed E-state index contributed by atoms with van der Waals surface area (Å²) in [4.78, 5) is 30.4. The lowest BCUT2D eigenvalue weighted by Crippen LogP contribution is -2.41. The SMILES string of the molecule is Brc1ccc(-c2nc3ccccc3s2)cc1.CC1(C)OB(B2OC(C)(C)C(C)(C)O2)OC1(C)C.CC1(C)OB(c2ccc(-c3nc4ccccc4s3)cc2)OC1(C)C.Cc1ccc(-n2c3ccc(-c4ccc(-c5nc6ccccc6s5)cc4)cc3c3cc(-c4ccc(-c5nc6ccccc6s5)cc4)ccc32)cc1.Cc1ccc(-n2c3ccc(Br)cc3c3cc(Br)ccc32)cc1.Nc1ccccc1S.O=C(Cl)c1ccc(Br)cc1. The van der Waals surface area contributed by atoms with Crippen molar-refractivity contribution < 1.29 is 32.7 Å². The molecule has 0 amide bonds. The van der Waals surface area contributed by atoms with Gasteiger partial charge in [-0.2, -0.15) is 0 Å². The summed E-state index contributed by atoms with van der Waals surface area (Å²) in [5.74, 6) is 0. The minimum Gasteiger partial charge on any atom is -0.405 e. The molecule has 6 aromatic heterocycles. The van der Waals surface area contributed by atoms with Gasteiger partial charge in [-0.1, -0.05) is 257 Å². The first-order valence-corrected chi connectivity index (χ1v) is 55.8. The third kappa shape index (κ3) is 23.1. The number of hydrogen-bond acceptors (Lipinski definition) is 17. The lowest BCUT2D eigenvalue weighted by molar-refractivity contribution is 0.00578. The highest BCUT2D eigenvalue weighted by atomic mass is 79.9. The molecule has 27 heteroatoms. The maximum absolute atomic E-state index is 10.5. The molecule has 3 saturated heterocycles. The van der Waals surface area contributed by atoms with E-state index in [1.807, 2.05) is 140 Å². The van der Waals surface area contributed by atoms with Gasteiger partial charge in [0.25, 0.3) is 5.24 Å². The Kier molecular flexibility index (Phi) is 31.2. The third-order valence-electron chi connectivity index (χ3n) is 27.7. The molecule has 0 aliphatic carbocycles. The van der Waals surface area contributed by atoms with E-state index in [1.54, 1.807) is 69.6 Å². The van der Waals surface area contributed by atoms with E-state index < -0.39 is 19.3 Å². The maximum atomic E-state index is 10.5. The number of thiazole rings is 4. The van der Waals surface area contributed by atoms with Crippen LogP contribution in [0.2, 0.25) is 0 Å². The number of nitrogens with two attached hydrogens (primary N) is 1. The summed E-state index contributed by atoms with van der Waals surface area (Å²) in [6.45, 7) is 28.7. The van der Waals surface area contributed by atoms with E-state index in [4.69, 9.17) is 60.2 Å². The zero-order valence-electron chi connectivity index (χ0n) is 84.0. The highest BCUT2D eigenvalue weighted by Gasteiger charge is 2.64. The molecule has 9 heterocycles. The van der Waals surface area contributed by atoms with E-state index in [-0.39, 0.29) is 40.7 Å². The van der Waals surface area contributed by atoms with Crippen molar-refractivity contribution in [3.8, 4) is 75.9 Å². The second-order valence-corrected chi connectivity index (χ2v) is 48.1. The fraction of sp³-hybridized carbons (Fsp3) is 0.165. The van der Waals surface area contributed by atoms with Gasteiger partial charge >= 0.3 is 21.1 Å². The van der Waals surface area contributed by atoms with Gasteiger partial charge in [-0.05, 0) is 318 Å². The van der Waals surface area contributed by atoms with Crippen molar-refractivity contribution in [3.63, 3.8) is 0 Å². The third-order valence-corrected chi connectivity index (χ3v) is 34.7. The molecule has 740 valence electrons. The van der Waals surface area contributed by atoms with Crippen LogP contribution in [-0.2, 0) is 27.9 Å². The van der Waals surface area contributed by atoms with Crippen LogP contribution in [0.1, 0.15) is 105 Å². The first-order valence-electron chi connectivity index (χ1n) is 48.5. The second kappa shape index (κ2) is 43.9. The Morgan fingerprint density at radius 2 is 0.574 bits per heavy atom. The molecule has 0 radical (unpaired) electrons.